The maximum absolute atomic E-state index is 13.2. The number of thioether (sulfide) groups is 1. The Morgan fingerprint density at radius 2 is 1.69 bits per heavy atom. The number of benzene rings is 2. The standard InChI is InChI=1S/C23H21FN6O4S2/c1-13(31)25-16-4-6-17(7-5-16)26-19(32)12-35-23-29-28-22(36-23)27-21(34)14-10-20(33)30(11-14)18-8-2-15(24)3-9-18/h2-9,14H,10-12H2,1H3,(H,25,31)(H,26,32)(H,27,28,34)/t14-/m1/s1. The lowest BCUT2D eigenvalue weighted by atomic mass is 10.1. The van der Waals surface area contributed by atoms with E-state index in [1.807, 2.05) is 0 Å². The highest BCUT2D eigenvalue weighted by atomic mass is 32.2. The number of rotatable bonds is 8. The van der Waals surface area contributed by atoms with E-state index in [0.29, 0.717) is 21.4 Å². The SMILES string of the molecule is CC(=O)Nc1ccc(NC(=O)CSc2nnc(NC(=O)[C@@H]3CC(=O)N(c4ccc(F)cc4)C3)s2)cc1. The third kappa shape index (κ3) is 6.64. The van der Waals surface area contributed by atoms with Gasteiger partial charge in [0, 0.05) is 37.0 Å². The summed E-state index contributed by atoms with van der Waals surface area (Å²) in [6.45, 7) is 1.60. The zero-order valence-electron chi connectivity index (χ0n) is 19.0. The smallest absolute Gasteiger partial charge is 0.234 e. The molecule has 1 saturated heterocycles. The lowest BCUT2D eigenvalue weighted by molar-refractivity contribution is -0.122. The van der Waals surface area contributed by atoms with Crippen LogP contribution in [0.15, 0.2) is 52.9 Å². The molecule has 0 spiro atoms. The molecular formula is C23H21FN6O4S2. The molecule has 0 aliphatic carbocycles. The van der Waals surface area contributed by atoms with Gasteiger partial charge in [-0.2, -0.15) is 0 Å². The number of carbonyl (C=O) groups excluding carboxylic acids is 4. The number of carbonyl (C=O) groups is 4. The van der Waals surface area contributed by atoms with Crippen molar-refractivity contribution in [3.05, 3.63) is 54.3 Å². The van der Waals surface area contributed by atoms with Crippen LogP contribution in [0.4, 0.5) is 26.6 Å². The van der Waals surface area contributed by atoms with Crippen LogP contribution in [0, 0.1) is 11.7 Å². The summed E-state index contributed by atoms with van der Waals surface area (Å²) >= 11 is 2.29. The predicted molar refractivity (Wildman–Crippen MR) is 135 cm³/mol. The Morgan fingerprint density at radius 1 is 1.03 bits per heavy atom. The molecule has 1 aliphatic heterocycles. The van der Waals surface area contributed by atoms with Gasteiger partial charge in [-0.3, -0.25) is 19.2 Å². The van der Waals surface area contributed by atoms with Crippen molar-refractivity contribution < 1.29 is 23.6 Å². The highest BCUT2D eigenvalue weighted by Crippen LogP contribution is 2.29. The Balaban J connectivity index is 1.24. The highest BCUT2D eigenvalue weighted by molar-refractivity contribution is 8.01. The Morgan fingerprint density at radius 3 is 2.36 bits per heavy atom. The minimum Gasteiger partial charge on any atom is -0.326 e. The van der Waals surface area contributed by atoms with Crippen LogP contribution in [0.3, 0.4) is 0 Å². The number of nitrogens with one attached hydrogen (secondary N) is 3. The second-order valence-corrected chi connectivity index (χ2v) is 10.0. The maximum Gasteiger partial charge on any atom is 0.234 e. The van der Waals surface area contributed by atoms with Gasteiger partial charge in [-0.1, -0.05) is 23.1 Å². The molecule has 10 nitrogen and oxygen atoms in total. The van der Waals surface area contributed by atoms with Gasteiger partial charge in [0.25, 0.3) is 0 Å². The predicted octanol–water partition coefficient (Wildman–Crippen LogP) is 3.36. The van der Waals surface area contributed by atoms with Crippen molar-refractivity contribution >= 4 is 68.9 Å². The van der Waals surface area contributed by atoms with Crippen LogP contribution in [0.1, 0.15) is 13.3 Å². The first kappa shape index (κ1) is 25.3. The molecule has 36 heavy (non-hydrogen) atoms. The van der Waals surface area contributed by atoms with Gasteiger partial charge in [0.15, 0.2) is 4.34 Å². The van der Waals surface area contributed by atoms with Crippen LogP contribution in [0.25, 0.3) is 0 Å². The largest absolute Gasteiger partial charge is 0.326 e. The number of anilines is 4. The second kappa shape index (κ2) is 11.3. The fourth-order valence-electron chi connectivity index (χ4n) is 3.44. The molecule has 0 bridgehead atoms. The highest BCUT2D eigenvalue weighted by Gasteiger charge is 2.35. The molecule has 1 fully saturated rings. The molecule has 3 N–H and O–H groups in total. The number of halogens is 1. The zero-order valence-corrected chi connectivity index (χ0v) is 20.6. The lowest BCUT2D eigenvalue weighted by Gasteiger charge is -2.16. The van der Waals surface area contributed by atoms with Crippen molar-refractivity contribution in [1.29, 1.82) is 0 Å². The minimum atomic E-state index is -0.578. The Bertz CT molecular complexity index is 1280. The first-order valence-corrected chi connectivity index (χ1v) is 12.6. The van der Waals surface area contributed by atoms with E-state index in [1.54, 1.807) is 24.3 Å². The Kier molecular flexibility index (Phi) is 7.90. The topological polar surface area (TPSA) is 133 Å². The third-order valence-electron chi connectivity index (χ3n) is 5.09. The van der Waals surface area contributed by atoms with E-state index in [1.165, 1.54) is 47.9 Å². The first-order valence-electron chi connectivity index (χ1n) is 10.8. The Hall–Kier alpha value is -3.84. The summed E-state index contributed by atoms with van der Waals surface area (Å²) < 4.78 is 13.6. The molecule has 0 radical (unpaired) electrons. The van der Waals surface area contributed by atoms with Crippen molar-refractivity contribution in [1.82, 2.24) is 10.2 Å². The molecule has 13 heteroatoms. The van der Waals surface area contributed by atoms with E-state index in [-0.39, 0.29) is 47.5 Å². The summed E-state index contributed by atoms with van der Waals surface area (Å²) in [5, 5.41) is 16.3. The summed E-state index contributed by atoms with van der Waals surface area (Å²) in [6.07, 6.45) is 0.0373. The summed E-state index contributed by atoms with van der Waals surface area (Å²) in [5.41, 5.74) is 1.75. The molecule has 3 aromatic rings. The first-order chi connectivity index (χ1) is 17.3. The number of hydrogen-bond donors (Lipinski definition) is 3. The van der Waals surface area contributed by atoms with Crippen molar-refractivity contribution in [2.45, 2.75) is 17.7 Å². The van der Waals surface area contributed by atoms with Gasteiger partial charge < -0.3 is 20.9 Å². The molecule has 186 valence electrons. The van der Waals surface area contributed by atoms with Crippen LogP contribution in [-0.4, -0.2) is 46.1 Å². The third-order valence-corrected chi connectivity index (χ3v) is 7.06. The molecule has 4 rings (SSSR count). The van der Waals surface area contributed by atoms with E-state index >= 15 is 0 Å². The van der Waals surface area contributed by atoms with Crippen molar-refractivity contribution in [2.24, 2.45) is 5.92 Å². The zero-order chi connectivity index (χ0) is 25.7. The molecular weight excluding hydrogens is 507 g/mol. The summed E-state index contributed by atoms with van der Waals surface area (Å²) in [4.78, 5) is 49.7. The minimum absolute atomic E-state index is 0.0373. The van der Waals surface area contributed by atoms with E-state index < -0.39 is 11.7 Å². The van der Waals surface area contributed by atoms with Crippen molar-refractivity contribution in [3.8, 4) is 0 Å². The van der Waals surface area contributed by atoms with E-state index in [9.17, 15) is 23.6 Å². The Labute approximate surface area is 213 Å². The normalized spacial score (nSPS) is 15.0. The summed E-state index contributed by atoms with van der Waals surface area (Å²) in [6, 6.07) is 12.2. The molecule has 1 atom stereocenters. The van der Waals surface area contributed by atoms with Gasteiger partial charge in [0.2, 0.25) is 28.8 Å². The van der Waals surface area contributed by atoms with E-state index in [4.69, 9.17) is 0 Å². The quantitative estimate of drug-likeness (QED) is 0.302. The average Bonchev–Trinajstić information content (AvgIpc) is 3.45. The van der Waals surface area contributed by atoms with Gasteiger partial charge in [-0.25, -0.2) is 4.39 Å². The average molecular weight is 529 g/mol. The molecule has 0 saturated carbocycles. The lowest BCUT2D eigenvalue weighted by Crippen LogP contribution is -2.28. The summed E-state index contributed by atoms with van der Waals surface area (Å²) in [5.74, 6) is -1.91. The van der Waals surface area contributed by atoms with Crippen molar-refractivity contribution in [2.75, 3.05) is 33.1 Å². The van der Waals surface area contributed by atoms with Gasteiger partial charge in [0.1, 0.15) is 5.82 Å². The van der Waals surface area contributed by atoms with Crippen LogP contribution >= 0.6 is 23.1 Å². The number of amides is 4. The molecule has 0 unspecified atom stereocenters. The number of aromatic nitrogens is 2. The second-order valence-electron chi connectivity index (χ2n) is 7.84. The fraction of sp³-hybridized carbons (Fsp3) is 0.217. The van der Waals surface area contributed by atoms with Gasteiger partial charge in [-0.15, -0.1) is 10.2 Å². The number of nitrogens with zero attached hydrogens (tertiary/aromatic N) is 3. The van der Waals surface area contributed by atoms with Gasteiger partial charge in [0.05, 0.1) is 11.7 Å². The maximum atomic E-state index is 13.2. The molecule has 1 aliphatic rings. The van der Waals surface area contributed by atoms with Crippen LogP contribution in [-0.2, 0) is 19.2 Å². The fourth-order valence-corrected chi connectivity index (χ4v) is 5.00. The van der Waals surface area contributed by atoms with Crippen LogP contribution in [0.5, 0.6) is 0 Å². The molecule has 1 aromatic heterocycles. The van der Waals surface area contributed by atoms with Gasteiger partial charge >= 0.3 is 0 Å². The molecule has 4 amide bonds. The number of hydrogen-bond acceptors (Lipinski definition) is 8. The van der Waals surface area contributed by atoms with Crippen LogP contribution < -0.4 is 20.9 Å². The van der Waals surface area contributed by atoms with Crippen LogP contribution in [0.2, 0.25) is 0 Å². The van der Waals surface area contributed by atoms with Crippen molar-refractivity contribution in [3.63, 3.8) is 0 Å². The van der Waals surface area contributed by atoms with Gasteiger partial charge in [-0.05, 0) is 48.5 Å². The molecule has 2 aromatic carbocycles. The van der Waals surface area contributed by atoms with E-state index in [0.717, 1.165) is 11.3 Å². The summed E-state index contributed by atoms with van der Waals surface area (Å²) in [7, 11) is 0. The molecule has 2 heterocycles. The van der Waals surface area contributed by atoms with E-state index in [2.05, 4.69) is 26.1 Å². The monoisotopic (exact) mass is 528 g/mol.